The van der Waals surface area contributed by atoms with Gasteiger partial charge in [-0.3, -0.25) is 4.98 Å². The average molecular weight is 519 g/mol. The van der Waals surface area contributed by atoms with Crippen LogP contribution in [0.15, 0.2) is 72.9 Å². The first-order chi connectivity index (χ1) is 17.4. The Morgan fingerprint density at radius 3 is 2.36 bits per heavy atom. The molecule has 0 radical (unpaired) electrons. The number of ether oxygens (including phenoxy) is 2. The lowest BCUT2D eigenvalue weighted by atomic mass is 9.96. The number of nitrogens with zero attached hydrogens (tertiary/aromatic N) is 3. The second-order valence-electron chi connectivity index (χ2n) is 8.65. The monoisotopic (exact) mass is 518 g/mol. The first kappa shape index (κ1) is 24.2. The first-order valence-electron chi connectivity index (χ1n) is 11.6. The molecular formula is C28H27ClN4O2S. The van der Waals surface area contributed by atoms with Gasteiger partial charge in [-0.2, -0.15) is 0 Å². The molecule has 0 aliphatic carbocycles. The Hall–Kier alpha value is -3.55. The fourth-order valence-electron chi connectivity index (χ4n) is 5.05. The lowest BCUT2D eigenvalue weighted by Crippen LogP contribution is -2.30. The topological polar surface area (TPSA) is 51.5 Å². The molecule has 36 heavy (non-hydrogen) atoms. The van der Waals surface area contributed by atoms with Crippen LogP contribution in [0.1, 0.15) is 34.7 Å². The number of halogens is 1. The molecule has 0 amide bonds. The van der Waals surface area contributed by atoms with Crippen LogP contribution in [0.2, 0.25) is 5.02 Å². The van der Waals surface area contributed by atoms with Gasteiger partial charge in [0, 0.05) is 22.6 Å². The lowest BCUT2D eigenvalue weighted by molar-refractivity contribution is 0.412. The van der Waals surface area contributed by atoms with Gasteiger partial charge in [0.15, 0.2) is 5.11 Å². The largest absolute Gasteiger partial charge is 0.495 e. The highest BCUT2D eigenvalue weighted by Crippen LogP contribution is 2.46. The van der Waals surface area contributed by atoms with Crippen molar-refractivity contribution in [2.24, 2.45) is 0 Å². The van der Waals surface area contributed by atoms with Crippen LogP contribution in [0.5, 0.6) is 11.5 Å². The Morgan fingerprint density at radius 2 is 1.64 bits per heavy atom. The van der Waals surface area contributed by atoms with Gasteiger partial charge >= 0.3 is 0 Å². The molecule has 0 spiro atoms. The summed E-state index contributed by atoms with van der Waals surface area (Å²) in [5.41, 5.74) is 5.92. The van der Waals surface area contributed by atoms with Gasteiger partial charge in [-0.05, 0) is 80.2 Å². The third kappa shape index (κ3) is 4.08. The van der Waals surface area contributed by atoms with Gasteiger partial charge in [0.25, 0.3) is 0 Å². The Labute approximate surface area is 221 Å². The molecule has 1 aliphatic rings. The molecule has 0 saturated carbocycles. The number of para-hydroxylation sites is 2. The molecule has 8 heteroatoms. The van der Waals surface area contributed by atoms with E-state index in [1.165, 1.54) is 0 Å². The van der Waals surface area contributed by atoms with Crippen LogP contribution >= 0.6 is 23.8 Å². The van der Waals surface area contributed by atoms with Crippen molar-refractivity contribution in [2.45, 2.75) is 25.9 Å². The molecule has 0 bridgehead atoms. The highest BCUT2D eigenvalue weighted by atomic mass is 35.5. The fraction of sp³-hybridized carbons (Fsp3) is 0.214. The van der Waals surface area contributed by atoms with Crippen LogP contribution in [0.25, 0.3) is 5.69 Å². The number of thiocarbonyl (C=S) groups is 1. The van der Waals surface area contributed by atoms with Crippen LogP contribution in [-0.2, 0) is 0 Å². The van der Waals surface area contributed by atoms with E-state index < -0.39 is 0 Å². The van der Waals surface area contributed by atoms with E-state index in [1.54, 1.807) is 14.2 Å². The van der Waals surface area contributed by atoms with Gasteiger partial charge in [0.05, 0.1) is 43.4 Å². The maximum atomic E-state index is 6.39. The summed E-state index contributed by atoms with van der Waals surface area (Å²) >= 11 is 12.3. The summed E-state index contributed by atoms with van der Waals surface area (Å²) in [5.74, 6) is 1.49. The van der Waals surface area contributed by atoms with E-state index in [1.807, 2.05) is 66.9 Å². The summed E-state index contributed by atoms with van der Waals surface area (Å²) in [6, 6.07) is 21.4. The van der Waals surface area contributed by atoms with Crippen LogP contribution in [0.4, 0.5) is 5.69 Å². The molecule has 1 saturated heterocycles. The van der Waals surface area contributed by atoms with Crippen molar-refractivity contribution >= 4 is 34.6 Å². The van der Waals surface area contributed by atoms with Crippen molar-refractivity contribution in [1.82, 2.24) is 14.9 Å². The fourth-order valence-corrected chi connectivity index (χ4v) is 5.56. The molecule has 1 N–H and O–H groups in total. The smallest absolute Gasteiger partial charge is 0.174 e. The van der Waals surface area contributed by atoms with Crippen molar-refractivity contribution in [3.8, 4) is 17.2 Å². The Bertz CT molecular complexity index is 1420. The molecule has 4 aromatic rings. The maximum absolute atomic E-state index is 6.39. The van der Waals surface area contributed by atoms with Gasteiger partial charge in [0.2, 0.25) is 0 Å². The van der Waals surface area contributed by atoms with E-state index in [9.17, 15) is 0 Å². The summed E-state index contributed by atoms with van der Waals surface area (Å²) in [6.07, 6.45) is 1.81. The molecule has 6 nitrogen and oxygen atoms in total. The quantitative estimate of drug-likeness (QED) is 0.301. The zero-order chi connectivity index (χ0) is 25.4. The summed E-state index contributed by atoms with van der Waals surface area (Å²) in [4.78, 5) is 6.81. The van der Waals surface area contributed by atoms with Gasteiger partial charge < -0.3 is 24.3 Å². The highest BCUT2D eigenvalue weighted by Gasteiger charge is 2.43. The molecule has 1 aliphatic heterocycles. The molecule has 184 valence electrons. The number of aryl methyl sites for hydroxylation is 1. The average Bonchev–Trinajstić information content (AvgIpc) is 3.39. The molecule has 2 aromatic carbocycles. The third-order valence-corrected chi connectivity index (χ3v) is 7.16. The molecule has 2 aromatic heterocycles. The van der Waals surface area contributed by atoms with Crippen molar-refractivity contribution in [2.75, 3.05) is 19.1 Å². The summed E-state index contributed by atoms with van der Waals surface area (Å²) in [7, 11) is 3.34. The molecule has 3 heterocycles. The number of benzene rings is 2. The van der Waals surface area contributed by atoms with Crippen LogP contribution < -0.4 is 19.7 Å². The van der Waals surface area contributed by atoms with Crippen molar-refractivity contribution in [3.63, 3.8) is 0 Å². The molecule has 2 atom stereocenters. The van der Waals surface area contributed by atoms with E-state index in [4.69, 9.17) is 33.3 Å². The molecular weight excluding hydrogens is 492 g/mol. The highest BCUT2D eigenvalue weighted by molar-refractivity contribution is 7.80. The van der Waals surface area contributed by atoms with Crippen molar-refractivity contribution in [1.29, 1.82) is 0 Å². The normalized spacial score (nSPS) is 17.2. The second kappa shape index (κ2) is 9.84. The Balaban J connectivity index is 1.72. The van der Waals surface area contributed by atoms with E-state index in [2.05, 4.69) is 39.7 Å². The number of rotatable bonds is 6. The number of aromatic nitrogens is 2. The summed E-state index contributed by atoms with van der Waals surface area (Å²) < 4.78 is 13.6. The number of hydrogen-bond donors (Lipinski definition) is 1. The minimum Gasteiger partial charge on any atom is -0.495 e. The third-order valence-electron chi connectivity index (χ3n) is 6.61. The maximum Gasteiger partial charge on any atom is 0.174 e. The van der Waals surface area contributed by atoms with E-state index in [0.29, 0.717) is 10.1 Å². The van der Waals surface area contributed by atoms with Gasteiger partial charge in [0.1, 0.15) is 11.5 Å². The summed E-state index contributed by atoms with van der Waals surface area (Å²) in [6.45, 7) is 4.20. The second-order valence-corrected chi connectivity index (χ2v) is 9.47. The lowest BCUT2D eigenvalue weighted by Gasteiger charge is -2.29. The van der Waals surface area contributed by atoms with Gasteiger partial charge in [-0.1, -0.05) is 29.8 Å². The Morgan fingerprint density at radius 1 is 0.917 bits per heavy atom. The first-order valence-corrected chi connectivity index (χ1v) is 12.4. The van der Waals surface area contributed by atoms with E-state index in [0.717, 1.165) is 45.5 Å². The van der Waals surface area contributed by atoms with Crippen LogP contribution in [0.3, 0.4) is 0 Å². The molecule has 0 unspecified atom stereocenters. The molecule has 5 rings (SSSR count). The van der Waals surface area contributed by atoms with Gasteiger partial charge in [-0.15, -0.1) is 0 Å². The number of anilines is 1. The van der Waals surface area contributed by atoms with E-state index >= 15 is 0 Å². The van der Waals surface area contributed by atoms with Crippen molar-refractivity contribution in [3.05, 3.63) is 101 Å². The number of pyridine rings is 1. The number of methoxy groups -OCH3 is 2. The standard InChI is InChI=1S/C28H27ClN4O2S/c1-17-15-20(18(2)32(17)23-16-19(29)12-13-25(23)35-4)27-26(21-9-7-8-14-30-21)31-28(36)33(27)22-10-5-6-11-24(22)34-3/h5-16,26-27H,1-4H3,(H,31,36)/t26-,27-/m0/s1. The minimum absolute atomic E-state index is 0.168. The summed E-state index contributed by atoms with van der Waals surface area (Å²) in [5, 5.41) is 4.79. The van der Waals surface area contributed by atoms with Crippen LogP contribution in [-0.4, -0.2) is 28.9 Å². The van der Waals surface area contributed by atoms with Gasteiger partial charge in [-0.25, -0.2) is 0 Å². The number of nitrogens with one attached hydrogen (secondary N) is 1. The SMILES string of the molecule is COc1ccccc1N1C(=S)N[C@@H](c2ccccn2)[C@@H]1c1cc(C)n(-c2cc(Cl)ccc2OC)c1C. The zero-order valence-electron chi connectivity index (χ0n) is 20.5. The van der Waals surface area contributed by atoms with E-state index in [-0.39, 0.29) is 12.1 Å². The molecule has 1 fully saturated rings. The zero-order valence-corrected chi connectivity index (χ0v) is 22.1. The predicted octanol–water partition coefficient (Wildman–Crippen LogP) is 6.34. The predicted molar refractivity (Wildman–Crippen MR) is 148 cm³/mol. The Kier molecular flexibility index (Phi) is 6.60. The van der Waals surface area contributed by atoms with Crippen LogP contribution in [0, 0.1) is 13.8 Å². The number of hydrogen-bond acceptors (Lipinski definition) is 4. The minimum atomic E-state index is -0.172. The van der Waals surface area contributed by atoms with Crippen molar-refractivity contribution < 1.29 is 9.47 Å².